The van der Waals surface area contributed by atoms with Gasteiger partial charge >= 0.3 is 6.03 Å². The summed E-state index contributed by atoms with van der Waals surface area (Å²) in [4.78, 5) is 22.7. The normalized spacial score (nSPS) is 26.0. The molecule has 0 aromatic carbocycles. The average molecular weight is 462 g/mol. The van der Waals surface area contributed by atoms with E-state index < -0.39 is 21.5 Å². The molecule has 0 saturated heterocycles. The Morgan fingerprint density at radius 1 is 1.23 bits per heavy atom. The second-order valence-corrected chi connectivity index (χ2v) is 12.0. The summed E-state index contributed by atoms with van der Waals surface area (Å²) in [7, 11) is -3.52. The van der Waals surface area contributed by atoms with Crippen LogP contribution < -0.4 is 10.5 Å². The number of carbonyl (C=O) groups excluding carboxylic acids is 1. The SMILES string of the molecule is CC1CCc2c1nc1c(c2NC(=O)N=S(N)(=O)c2nc3c(s2)C(C)(O)CCC3)CCC1. The van der Waals surface area contributed by atoms with Crippen LogP contribution in [0, 0.1) is 0 Å². The number of aliphatic hydroxyl groups is 1. The van der Waals surface area contributed by atoms with Crippen molar-refractivity contribution in [2.45, 2.75) is 81.1 Å². The van der Waals surface area contributed by atoms with E-state index in [0.717, 1.165) is 78.1 Å². The van der Waals surface area contributed by atoms with E-state index in [9.17, 15) is 14.1 Å². The number of nitrogens with one attached hydrogen (secondary N) is 1. The summed E-state index contributed by atoms with van der Waals surface area (Å²) >= 11 is 1.09. The molecule has 3 aliphatic rings. The van der Waals surface area contributed by atoms with Gasteiger partial charge in [-0.1, -0.05) is 6.92 Å². The maximum Gasteiger partial charge on any atom is 0.354 e. The minimum atomic E-state index is -3.52. The van der Waals surface area contributed by atoms with E-state index in [-0.39, 0.29) is 4.34 Å². The Kier molecular flexibility index (Phi) is 4.96. The molecule has 4 N–H and O–H groups in total. The Bertz CT molecular complexity index is 1210. The molecule has 5 rings (SSSR count). The standard InChI is InChI=1S/C21H27N5O3S2/c1-11-8-9-13-16(11)23-14-6-3-5-12(14)17(13)25-19(27)26-31(22,29)20-24-15-7-4-10-21(2,28)18(15)30-20/h11,28H,3-10H2,1-2H3,(H3,22,23,25,26,27,29). The zero-order chi connectivity index (χ0) is 22.0. The average Bonchev–Trinajstić information content (AvgIpc) is 3.40. The van der Waals surface area contributed by atoms with Crippen molar-refractivity contribution in [2.75, 3.05) is 5.32 Å². The van der Waals surface area contributed by atoms with Crippen molar-refractivity contribution in [3.8, 4) is 0 Å². The number of urea groups is 1. The molecule has 8 nitrogen and oxygen atoms in total. The quantitative estimate of drug-likeness (QED) is 0.629. The fourth-order valence-electron chi connectivity index (χ4n) is 5.00. The van der Waals surface area contributed by atoms with Crippen LogP contribution in [0.3, 0.4) is 0 Å². The van der Waals surface area contributed by atoms with E-state index in [1.807, 2.05) is 0 Å². The van der Waals surface area contributed by atoms with Gasteiger partial charge in [-0.25, -0.2) is 19.1 Å². The van der Waals surface area contributed by atoms with Gasteiger partial charge in [0.05, 0.1) is 21.9 Å². The highest BCUT2D eigenvalue weighted by molar-refractivity contribution is 7.93. The first kappa shape index (κ1) is 21.0. The van der Waals surface area contributed by atoms with Crippen molar-refractivity contribution in [2.24, 2.45) is 9.50 Å². The molecule has 3 unspecified atom stereocenters. The van der Waals surface area contributed by atoms with Gasteiger partial charge in [-0.2, -0.15) is 0 Å². The number of aryl methyl sites for hydroxylation is 2. The van der Waals surface area contributed by atoms with Gasteiger partial charge in [0.25, 0.3) is 0 Å². The third kappa shape index (κ3) is 3.59. The van der Waals surface area contributed by atoms with E-state index in [2.05, 4.69) is 21.6 Å². The molecule has 0 fully saturated rings. The first-order valence-electron chi connectivity index (χ1n) is 10.8. The molecule has 0 saturated carbocycles. The maximum atomic E-state index is 13.1. The van der Waals surface area contributed by atoms with Crippen molar-refractivity contribution in [1.29, 1.82) is 0 Å². The van der Waals surface area contributed by atoms with Gasteiger partial charge < -0.3 is 10.4 Å². The summed E-state index contributed by atoms with van der Waals surface area (Å²) in [6, 6.07) is -0.727. The van der Waals surface area contributed by atoms with Crippen molar-refractivity contribution < 1.29 is 14.1 Å². The van der Waals surface area contributed by atoms with Crippen LogP contribution in [0.5, 0.6) is 0 Å². The van der Waals surface area contributed by atoms with Crippen LogP contribution in [0.2, 0.25) is 0 Å². The lowest BCUT2D eigenvalue weighted by Gasteiger charge is -2.26. The number of fused-ring (bicyclic) bond motifs is 3. The summed E-state index contributed by atoms with van der Waals surface area (Å²) in [6.45, 7) is 3.88. The molecule has 0 radical (unpaired) electrons. The number of pyridine rings is 1. The molecule has 0 bridgehead atoms. The van der Waals surface area contributed by atoms with E-state index in [1.54, 1.807) is 6.92 Å². The molecule has 3 aliphatic carbocycles. The number of hydrogen-bond acceptors (Lipinski definition) is 6. The van der Waals surface area contributed by atoms with Gasteiger partial charge in [-0.3, -0.25) is 4.98 Å². The minimum Gasteiger partial charge on any atom is -0.385 e. The first-order valence-corrected chi connectivity index (χ1v) is 13.2. The maximum absolute atomic E-state index is 13.1. The zero-order valence-electron chi connectivity index (χ0n) is 17.7. The third-order valence-corrected chi connectivity index (χ3v) is 9.74. The van der Waals surface area contributed by atoms with Crippen LogP contribution in [0.1, 0.15) is 78.5 Å². The molecular formula is C21H27N5O3S2. The Balaban J connectivity index is 1.48. The van der Waals surface area contributed by atoms with Crippen LogP contribution in [0.15, 0.2) is 8.70 Å². The second-order valence-electron chi connectivity index (χ2n) is 9.04. The van der Waals surface area contributed by atoms with Crippen molar-refractivity contribution in [3.63, 3.8) is 0 Å². The lowest BCUT2D eigenvalue weighted by molar-refractivity contribution is 0.0422. The van der Waals surface area contributed by atoms with Gasteiger partial charge in [0, 0.05) is 11.4 Å². The number of thiazole rings is 1. The summed E-state index contributed by atoms with van der Waals surface area (Å²) in [6.07, 6.45) is 6.75. The molecule has 31 heavy (non-hydrogen) atoms. The Morgan fingerprint density at radius 2 is 2.00 bits per heavy atom. The highest BCUT2D eigenvalue weighted by atomic mass is 32.2. The Labute approximate surface area is 186 Å². The van der Waals surface area contributed by atoms with Crippen LogP contribution in [-0.2, 0) is 41.2 Å². The van der Waals surface area contributed by atoms with Crippen molar-refractivity contribution >= 4 is 33.0 Å². The van der Waals surface area contributed by atoms with E-state index in [1.165, 1.54) is 0 Å². The molecule has 0 aliphatic heterocycles. The van der Waals surface area contributed by atoms with Gasteiger partial charge in [-0.05, 0) is 75.3 Å². The highest BCUT2D eigenvalue weighted by Gasteiger charge is 2.35. The summed E-state index contributed by atoms with van der Waals surface area (Å²) < 4.78 is 17.1. The van der Waals surface area contributed by atoms with Gasteiger partial charge in [-0.15, -0.1) is 15.7 Å². The molecule has 2 amide bonds. The smallest absolute Gasteiger partial charge is 0.354 e. The predicted molar refractivity (Wildman–Crippen MR) is 120 cm³/mol. The van der Waals surface area contributed by atoms with Gasteiger partial charge in [0.1, 0.15) is 0 Å². The lowest BCUT2D eigenvalue weighted by Crippen LogP contribution is -2.25. The number of amides is 2. The van der Waals surface area contributed by atoms with Crippen LogP contribution in [0.4, 0.5) is 10.5 Å². The van der Waals surface area contributed by atoms with Crippen LogP contribution >= 0.6 is 11.3 Å². The number of hydrogen-bond donors (Lipinski definition) is 3. The van der Waals surface area contributed by atoms with Crippen molar-refractivity contribution in [1.82, 2.24) is 9.97 Å². The number of aromatic nitrogens is 2. The molecule has 2 aromatic rings. The fourth-order valence-corrected chi connectivity index (χ4v) is 7.37. The van der Waals surface area contributed by atoms with E-state index in [0.29, 0.717) is 29.3 Å². The van der Waals surface area contributed by atoms with E-state index >= 15 is 0 Å². The molecule has 2 aromatic heterocycles. The Morgan fingerprint density at radius 3 is 2.77 bits per heavy atom. The zero-order valence-corrected chi connectivity index (χ0v) is 19.4. The monoisotopic (exact) mass is 461 g/mol. The summed E-state index contributed by atoms with van der Waals surface area (Å²) in [5.74, 6) is 0.363. The summed E-state index contributed by atoms with van der Waals surface area (Å²) in [5.41, 5.74) is 4.71. The predicted octanol–water partition coefficient (Wildman–Crippen LogP) is 3.55. The molecular weight excluding hydrogens is 434 g/mol. The molecule has 10 heteroatoms. The lowest BCUT2D eigenvalue weighted by atomic mass is 9.89. The van der Waals surface area contributed by atoms with Gasteiger partial charge in [0.2, 0.25) is 4.34 Å². The summed E-state index contributed by atoms with van der Waals surface area (Å²) in [5, 5.41) is 19.5. The second kappa shape index (κ2) is 7.33. The molecule has 0 spiro atoms. The van der Waals surface area contributed by atoms with Crippen molar-refractivity contribution in [3.05, 3.63) is 33.1 Å². The first-order chi connectivity index (χ1) is 14.7. The number of nitrogens with zero attached hydrogens (tertiary/aromatic N) is 3. The minimum absolute atomic E-state index is 0.0913. The number of anilines is 1. The molecule has 166 valence electrons. The van der Waals surface area contributed by atoms with Crippen LogP contribution in [-0.4, -0.2) is 25.3 Å². The highest BCUT2D eigenvalue weighted by Crippen LogP contribution is 2.42. The topological polar surface area (TPSA) is 131 Å². The molecule has 2 heterocycles. The largest absolute Gasteiger partial charge is 0.385 e. The number of nitrogens with two attached hydrogens (primary N) is 1. The molecule has 3 atom stereocenters. The van der Waals surface area contributed by atoms with Crippen LogP contribution in [0.25, 0.3) is 0 Å². The fraction of sp³-hybridized carbons (Fsp3) is 0.571. The van der Waals surface area contributed by atoms with Gasteiger partial charge in [0.15, 0.2) is 9.92 Å². The third-order valence-electron chi connectivity index (χ3n) is 6.60. The number of carbonyl (C=O) groups is 1. The van der Waals surface area contributed by atoms with E-state index in [4.69, 9.17) is 10.1 Å². The Hall–Kier alpha value is -1.88. The number of rotatable bonds is 2.